The van der Waals surface area contributed by atoms with Crippen LogP contribution in [0.25, 0.3) is 0 Å². The predicted octanol–water partition coefficient (Wildman–Crippen LogP) is 4.68. The molecule has 1 aromatic carbocycles. The van der Waals surface area contributed by atoms with Crippen LogP contribution in [0.3, 0.4) is 0 Å². The zero-order chi connectivity index (χ0) is 23.7. The number of carbonyl (C=O) groups excluding carboxylic acids is 2. The highest BCUT2D eigenvalue weighted by molar-refractivity contribution is 7.11. The normalized spacial score (nSPS) is 10.9. The maximum absolute atomic E-state index is 12.2. The number of nitrogens with one attached hydrogen (secondary N) is 2. The topological polar surface area (TPSA) is 110 Å². The van der Waals surface area contributed by atoms with Crippen LogP contribution in [0.1, 0.15) is 47.2 Å². The van der Waals surface area contributed by atoms with Crippen molar-refractivity contribution in [3.63, 3.8) is 0 Å². The minimum atomic E-state index is -0.752. The number of carbonyl (C=O) groups is 2. The summed E-state index contributed by atoms with van der Waals surface area (Å²) in [5.74, 6) is -0.718. The van der Waals surface area contributed by atoms with Crippen LogP contribution in [0.2, 0.25) is 10.0 Å². The first-order chi connectivity index (χ1) is 15.2. The van der Waals surface area contributed by atoms with Gasteiger partial charge in [-0.05, 0) is 69.6 Å². The molecule has 2 aromatic rings. The lowest BCUT2D eigenvalue weighted by Gasteiger charge is -2.10. The lowest BCUT2D eigenvalue weighted by Crippen LogP contribution is -2.30. The van der Waals surface area contributed by atoms with Gasteiger partial charge < -0.3 is 20.7 Å². The van der Waals surface area contributed by atoms with Crippen LogP contribution >= 0.6 is 34.7 Å². The van der Waals surface area contributed by atoms with E-state index < -0.39 is 11.9 Å². The lowest BCUT2D eigenvalue weighted by atomic mass is 10.1. The summed E-state index contributed by atoms with van der Waals surface area (Å²) in [5.41, 5.74) is 7.00. The van der Waals surface area contributed by atoms with Crippen LogP contribution in [0.4, 0.5) is 9.80 Å². The minimum Gasteiger partial charge on any atom is -0.472 e. The Morgan fingerprint density at radius 2 is 1.88 bits per heavy atom. The Balaban J connectivity index is 1.89. The van der Waals surface area contributed by atoms with E-state index in [2.05, 4.69) is 34.0 Å². The van der Waals surface area contributed by atoms with Gasteiger partial charge in [-0.2, -0.15) is 4.37 Å². The molecule has 0 spiro atoms. The SMILES string of the molecule is Cc1cc(Cl)c(COc2nsc(NC(=O)NCCCCCCN(C)C)c2C(N)=O)cc1Cl. The molecule has 1 aromatic heterocycles. The third-order valence-corrected chi connectivity index (χ3v) is 6.15. The largest absolute Gasteiger partial charge is 0.472 e. The molecule has 0 unspecified atom stereocenters. The quantitative estimate of drug-likeness (QED) is 0.365. The van der Waals surface area contributed by atoms with Crippen LogP contribution in [0.15, 0.2) is 12.1 Å². The Labute approximate surface area is 202 Å². The van der Waals surface area contributed by atoms with Gasteiger partial charge in [0.2, 0.25) is 5.88 Å². The van der Waals surface area contributed by atoms with E-state index in [1.54, 1.807) is 12.1 Å². The molecule has 0 saturated heterocycles. The molecule has 0 atom stereocenters. The molecule has 0 fully saturated rings. The zero-order valence-electron chi connectivity index (χ0n) is 18.5. The molecule has 0 radical (unpaired) electrons. The number of hydrogen-bond acceptors (Lipinski definition) is 6. The second-order valence-electron chi connectivity index (χ2n) is 7.64. The number of halogens is 2. The van der Waals surface area contributed by atoms with Crippen LogP contribution in [0, 0.1) is 6.92 Å². The van der Waals surface area contributed by atoms with Gasteiger partial charge >= 0.3 is 6.03 Å². The van der Waals surface area contributed by atoms with Gasteiger partial charge in [-0.15, -0.1) is 0 Å². The number of rotatable bonds is 12. The lowest BCUT2D eigenvalue weighted by molar-refractivity contribution is 0.0996. The first-order valence-corrected chi connectivity index (χ1v) is 11.8. The number of aromatic nitrogens is 1. The Morgan fingerprint density at radius 1 is 1.16 bits per heavy atom. The fourth-order valence-corrected chi connectivity index (χ4v) is 4.07. The highest BCUT2D eigenvalue weighted by atomic mass is 35.5. The van der Waals surface area contributed by atoms with Gasteiger partial charge in [-0.1, -0.05) is 36.0 Å². The van der Waals surface area contributed by atoms with E-state index in [1.165, 1.54) is 0 Å². The number of unbranched alkanes of at least 4 members (excludes halogenated alkanes) is 3. The number of urea groups is 1. The van der Waals surface area contributed by atoms with E-state index in [-0.39, 0.29) is 23.1 Å². The third-order valence-electron chi connectivity index (χ3n) is 4.64. The number of anilines is 1. The fraction of sp³-hybridized carbons (Fsp3) is 0.476. The minimum absolute atomic E-state index is 0.0168. The van der Waals surface area contributed by atoms with Gasteiger partial charge in [0.05, 0.1) is 0 Å². The van der Waals surface area contributed by atoms with Crippen LogP contribution in [-0.4, -0.2) is 48.4 Å². The monoisotopic (exact) mass is 501 g/mol. The van der Waals surface area contributed by atoms with Gasteiger partial charge in [-0.3, -0.25) is 10.1 Å². The number of nitrogens with zero attached hydrogens (tertiary/aromatic N) is 2. The van der Waals surface area contributed by atoms with E-state index in [0.717, 1.165) is 49.3 Å². The van der Waals surface area contributed by atoms with Crippen LogP contribution in [0.5, 0.6) is 5.88 Å². The number of primary amides is 1. The molecule has 0 saturated carbocycles. The molecule has 1 heterocycles. The van der Waals surface area contributed by atoms with E-state index >= 15 is 0 Å². The molecular weight excluding hydrogens is 473 g/mol. The number of hydrogen-bond donors (Lipinski definition) is 3. The Morgan fingerprint density at radius 3 is 2.56 bits per heavy atom. The molecule has 176 valence electrons. The molecule has 2 rings (SSSR count). The number of amides is 3. The molecule has 0 aliphatic heterocycles. The van der Waals surface area contributed by atoms with Crippen molar-refractivity contribution in [2.24, 2.45) is 5.73 Å². The summed E-state index contributed by atoms with van der Waals surface area (Å²) in [6, 6.07) is 3.00. The molecule has 0 aliphatic rings. The van der Waals surface area contributed by atoms with E-state index in [0.29, 0.717) is 22.2 Å². The summed E-state index contributed by atoms with van der Waals surface area (Å²) in [7, 11) is 4.10. The summed E-state index contributed by atoms with van der Waals surface area (Å²) in [4.78, 5) is 26.3. The number of nitrogens with two attached hydrogens (primary N) is 1. The first kappa shape index (κ1) is 26.2. The molecule has 11 heteroatoms. The number of aryl methyl sites for hydroxylation is 1. The van der Waals surface area contributed by atoms with Crippen molar-refractivity contribution < 1.29 is 14.3 Å². The smallest absolute Gasteiger partial charge is 0.319 e. The summed E-state index contributed by atoms with van der Waals surface area (Å²) in [6.07, 6.45) is 4.15. The maximum Gasteiger partial charge on any atom is 0.319 e. The van der Waals surface area contributed by atoms with E-state index in [4.69, 9.17) is 33.7 Å². The molecule has 4 N–H and O–H groups in total. The van der Waals surface area contributed by atoms with Crippen LogP contribution in [-0.2, 0) is 6.61 Å². The third kappa shape index (κ3) is 8.12. The predicted molar refractivity (Wildman–Crippen MR) is 130 cm³/mol. The Kier molecular flexibility index (Phi) is 10.5. The summed E-state index contributed by atoms with van der Waals surface area (Å²) >= 11 is 13.3. The average molecular weight is 502 g/mol. The van der Waals surface area contributed by atoms with Gasteiger partial charge in [0.1, 0.15) is 17.2 Å². The maximum atomic E-state index is 12.2. The van der Waals surface area contributed by atoms with E-state index in [9.17, 15) is 9.59 Å². The molecule has 32 heavy (non-hydrogen) atoms. The molecule has 0 aliphatic carbocycles. The van der Waals surface area contributed by atoms with Crippen molar-refractivity contribution in [3.8, 4) is 5.88 Å². The number of benzene rings is 1. The van der Waals surface area contributed by atoms with Crippen molar-refractivity contribution in [2.75, 3.05) is 32.5 Å². The van der Waals surface area contributed by atoms with Crippen LogP contribution < -0.4 is 21.1 Å². The number of ether oxygens (including phenoxy) is 1. The van der Waals surface area contributed by atoms with Crippen molar-refractivity contribution in [3.05, 3.63) is 38.9 Å². The van der Waals surface area contributed by atoms with Crippen molar-refractivity contribution in [2.45, 2.75) is 39.2 Å². The Hall–Kier alpha value is -2.07. The second-order valence-corrected chi connectivity index (χ2v) is 9.22. The van der Waals surface area contributed by atoms with Crippen molar-refractivity contribution in [1.82, 2.24) is 14.6 Å². The standard InChI is InChI=1S/C21H29Cl2N5O3S/c1-13-10-16(23)14(11-15(13)22)12-31-19-17(18(24)29)20(32-27-19)26-21(30)25-8-6-4-5-7-9-28(2)3/h10-11H,4-9,12H2,1-3H3,(H2,24,29)(H2,25,26,30). The molecular formula is C21H29Cl2N5O3S. The Bertz CT molecular complexity index is 936. The highest BCUT2D eigenvalue weighted by Gasteiger charge is 2.22. The summed E-state index contributed by atoms with van der Waals surface area (Å²) < 4.78 is 9.77. The van der Waals surface area contributed by atoms with E-state index in [1.807, 2.05) is 6.92 Å². The highest BCUT2D eigenvalue weighted by Crippen LogP contribution is 2.32. The average Bonchev–Trinajstić information content (AvgIpc) is 3.11. The molecule has 8 nitrogen and oxygen atoms in total. The fourth-order valence-electron chi connectivity index (χ4n) is 2.88. The van der Waals surface area contributed by atoms with Gasteiger partial charge in [0.25, 0.3) is 5.91 Å². The second kappa shape index (κ2) is 12.8. The van der Waals surface area contributed by atoms with Gasteiger partial charge in [0.15, 0.2) is 0 Å². The van der Waals surface area contributed by atoms with Crippen molar-refractivity contribution >= 4 is 51.7 Å². The van der Waals surface area contributed by atoms with Gasteiger partial charge in [0, 0.05) is 22.2 Å². The molecule has 3 amide bonds. The summed E-state index contributed by atoms with van der Waals surface area (Å²) in [5, 5.41) is 6.67. The van der Waals surface area contributed by atoms with Crippen molar-refractivity contribution in [1.29, 1.82) is 0 Å². The summed E-state index contributed by atoms with van der Waals surface area (Å²) in [6.45, 7) is 3.48. The van der Waals surface area contributed by atoms with Gasteiger partial charge in [-0.25, -0.2) is 4.79 Å². The molecule has 0 bridgehead atoms. The first-order valence-electron chi connectivity index (χ1n) is 10.3. The zero-order valence-corrected chi connectivity index (χ0v) is 20.8.